The standard InChI is InChI=1S/C11H18N2O2/c1-3-8-15-9-11(14)5-4-10-6-7-12-13(10)2/h6-7H,3-5,8-9H2,1-2H3. The molecule has 0 bridgehead atoms. The summed E-state index contributed by atoms with van der Waals surface area (Å²) in [6.45, 7) is 2.93. The second-order valence-corrected chi connectivity index (χ2v) is 3.54. The lowest BCUT2D eigenvalue weighted by Crippen LogP contribution is -2.11. The smallest absolute Gasteiger partial charge is 0.158 e. The van der Waals surface area contributed by atoms with Gasteiger partial charge in [0.05, 0.1) is 0 Å². The molecule has 4 heteroatoms. The Bertz CT molecular complexity index is 307. The van der Waals surface area contributed by atoms with E-state index in [-0.39, 0.29) is 12.4 Å². The van der Waals surface area contributed by atoms with Gasteiger partial charge in [-0.3, -0.25) is 9.48 Å². The number of rotatable bonds is 7. The second-order valence-electron chi connectivity index (χ2n) is 3.54. The molecule has 0 saturated heterocycles. The van der Waals surface area contributed by atoms with E-state index in [1.165, 1.54) is 0 Å². The van der Waals surface area contributed by atoms with Crippen LogP contribution in [0.15, 0.2) is 12.3 Å². The molecule has 0 aliphatic carbocycles. The average Bonchev–Trinajstić information content (AvgIpc) is 2.61. The molecule has 0 unspecified atom stereocenters. The van der Waals surface area contributed by atoms with Crippen LogP contribution in [0, 0.1) is 0 Å². The van der Waals surface area contributed by atoms with Gasteiger partial charge in [-0.1, -0.05) is 6.92 Å². The van der Waals surface area contributed by atoms with Crippen LogP contribution in [0.4, 0.5) is 0 Å². The van der Waals surface area contributed by atoms with Crippen LogP contribution >= 0.6 is 0 Å². The molecule has 1 rings (SSSR count). The highest BCUT2D eigenvalue weighted by molar-refractivity contribution is 5.79. The number of Topliss-reactive ketones (excluding diaryl/α,β-unsaturated/α-hetero) is 1. The normalized spacial score (nSPS) is 10.5. The molecule has 15 heavy (non-hydrogen) atoms. The van der Waals surface area contributed by atoms with Gasteiger partial charge < -0.3 is 4.74 Å². The van der Waals surface area contributed by atoms with Crippen molar-refractivity contribution < 1.29 is 9.53 Å². The van der Waals surface area contributed by atoms with Crippen molar-refractivity contribution in [2.24, 2.45) is 7.05 Å². The van der Waals surface area contributed by atoms with Crippen molar-refractivity contribution in [2.45, 2.75) is 26.2 Å². The highest BCUT2D eigenvalue weighted by Crippen LogP contribution is 2.01. The molecule has 0 radical (unpaired) electrons. The Morgan fingerprint density at radius 3 is 3.00 bits per heavy atom. The van der Waals surface area contributed by atoms with Crippen LogP contribution in [0.5, 0.6) is 0 Å². The van der Waals surface area contributed by atoms with Gasteiger partial charge in [-0.15, -0.1) is 0 Å². The number of carbonyl (C=O) groups excluding carboxylic acids is 1. The van der Waals surface area contributed by atoms with Crippen LogP contribution in [-0.4, -0.2) is 28.8 Å². The number of hydrogen-bond acceptors (Lipinski definition) is 3. The summed E-state index contributed by atoms with van der Waals surface area (Å²) < 4.78 is 6.96. The Morgan fingerprint density at radius 1 is 1.60 bits per heavy atom. The number of nitrogens with zero attached hydrogens (tertiary/aromatic N) is 2. The van der Waals surface area contributed by atoms with Crippen LogP contribution in [0.3, 0.4) is 0 Å². The molecular formula is C11H18N2O2. The minimum atomic E-state index is 0.157. The van der Waals surface area contributed by atoms with E-state index in [0.29, 0.717) is 13.0 Å². The van der Waals surface area contributed by atoms with Gasteiger partial charge in [0.1, 0.15) is 6.61 Å². The maximum Gasteiger partial charge on any atom is 0.158 e. The number of ether oxygens (including phenoxy) is 1. The van der Waals surface area contributed by atoms with Crippen LogP contribution in [0.25, 0.3) is 0 Å². The van der Waals surface area contributed by atoms with E-state index in [1.54, 1.807) is 10.9 Å². The summed E-state index contributed by atoms with van der Waals surface area (Å²) in [5.74, 6) is 0.157. The summed E-state index contributed by atoms with van der Waals surface area (Å²) in [6.07, 6.45) is 3.97. The molecule has 0 N–H and O–H groups in total. The number of ketones is 1. The molecule has 0 fully saturated rings. The van der Waals surface area contributed by atoms with Crippen molar-refractivity contribution in [3.8, 4) is 0 Å². The maximum atomic E-state index is 11.4. The average molecular weight is 210 g/mol. The molecular weight excluding hydrogens is 192 g/mol. The van der Waals surface area contributed by atoms with Crippen molar-refractivity contribution in [2.75, 3.05) is 13.2 Å². The molecule has 0 spiro atoms. The zero-order chi connectivity index (χ0) is 11.1. The highest BCUT2D eigenvalue weighted by Gasteiger charge is 2.04. The van der Waals surface area contributed by atoms with Gasteiger partial charge in [0.25, 0.3) is 0 Å². The van der Waals surface area contributed by atoms with E-state index < -0.39 is 0 Å². The van der Waals surface area contributed by atoms with Gasteiger partial charge in [-0.2, -0.15) is 5.10 Å². The maximum absolute atomic E-state index is 11.4. The van der Waals surface area contributed by atoms with Crippen molar-refractivity contribution in [1.29, 1.82) is 0 Å². The third kappa shape index (κ3) is 4.25. The molecule has 84 valence electrons. The van der Waals surface area contributed by atoms with Crippen molar-refractivity contribution in [3.63, 3.8) is 0 Å². The lowest BCUT2D eigenvalue weighted by molar-refractivity contribution is -0.123. The molecule has 4 nitrogen and oxygen atoms in total. The summed E-state index contributed by atoms with van der Waals surface area (Å²) >= 11 is 0. The zero-order valence-corrected chi connectivity index (χ0v) is 9.40. The summed E-state index contributed by atoms with van der Waals surface area (Å²) in [6, 6.07) is 1.93. The fourth-order valence-electron chi connectivity index (χ4n) is 1.32. The topological polar surface area (TPSA) is 44.1 Å². The molecule has 0 amide bonds. The molecule has 0 saturated carbocycles. The van der Waals surface area contributed by atoms with Crippen LogP contribution in [0.1, 0.15) is 25.5 Å². The van der Waals surface area contributed by atoms with Gasteiger partial charge in [0.15, 0.2) is 5.78 Å². The quantitative estimate of drug-likeness (QED) is 0.638. The summed E-state index contributed by atoms with van der Waals surface area (Å²) in [5.41, 5.74) is 1.08. The number of hydrogen-bond donors (Lipinski definition) is 0. The lowest BCUT2D eigenvalue weighted by atomic mass is 10.2. The minimum Gasteiger partial charge on any atom is -0.374 e. The Balaban J connectivity index is 2.20. The monoisotopic (exact) mass is 210 g/mol. The third-order valence-corrected chi connectivity index (χ3v) is 2.19. The second kappa shape index (κ2) is 6.35. The van der Waals surface area contributed by atoms with Crippen molar-refractivity contribution in [3.05, 3.63) is 18.0 Å². The fourth-order valence-corrected chi connectivity index (χ4v) is 1.32. The highest BCUT2D eigenvalue weighted by atomic mass is 16.5. The van der Waals surface area contributed by atoms with Crippen LogP contribution in [0.2, 0.25) is 0 Å². The molecule has 0 aliphatic rings. The largest absolute Gasteiger partial charge is 0.374 e. The van der Waals surface area contributed by atoms with E-state index in [4.69, 9.17) is 4.74 Å². The number of carbonyl (C=O) groups is 1. The Hall–Kier alpha value is -1.16. The predicted molar refractivity (Wildman–Crippen MR) is 57.6 cm³/mol. The van der Waals surface area contributed by atoms with Gasteiger partial charge in [0.2, 0.25) is 0 Å². The first-order valence-electron chi connectivity index (χ1n) is 5.30. The SMILES string of the molecule is CCCOCC(=O)CCc1ccnn1C. The first kappa shape index (κ1) is 11.9. The molecule has 1 aromatic rings. The molecule has 1 aromatic heterocycles. The number of aryl methyl sites for hydroxylation is 2. The van der Waals surface area contributed by atoms with Crippen molar-refractivity contribution in [1.82, 2.24) is 9.78 Å². The molecule has 0 aliphatic heterocycles. The van der Waals surface area contributed by atoms with E-state index in [0.717, 1.165) is 18.5 Å². The van der Waals surface area contributed by atoms with Crippen LogP contribution < -0.4 is 0 Å². The fraction of sp³-hybridized carbons (Fsp3) is 0.636. The predicted octanol–water partition coefficient (Wildman–Crippen LogP) is 1.35. The Morgan fingerprint density at radius 2 is 2.40 bits per heavy atom. The lowest BCUT2D eigenvalue weighted by Gasteiger charge is -2.02. The Labute approximate surface area is 90.2 Å². The van der Waals surface area contributed by atoms with Gasteiger partial charge in [-0.25, -0.2) is 0 Å². The van der Waals surface area contributed by atoms with E-state index in [9.17, 15) is 4.79 Å². The zero-order valence-electron chi connectivity index (χ0n) is 9.40. The molecule has 1 heterocycles. The molecule has 0 aromatic carbocycles. The Kier molecular flexibility index (Phi) is 5.04. The van der Waals surface area contributed by atoms with E-state index >= 15 is 0 Å². The van der Waals surface area contributed by atoms with Crippen LogP contribution in [-0.2, 0) is 23.0 Å². The van der Waals surface area contributed by atoms with E-state index in [1.807, 2.05) is 20.0 Å². The van der Waals surface area contributed by atoms with Gasteiger partial charge >= 0.3 is 0 Å². The summed E-state index contributed by atoms with van der Waals surface area (Å²) in [4.78, 5) is 11.4. The summed E-state index contributed by atoms with van der Waals surface area (Å²) in [7, 11) is 1.88. The third-order valence-electron chi connectivity index (χ3n) is 2.19. The first-order chi connectivity index (χ1) is 7.24. The van der Waals surface area contributed by atoms with E-state index in [2.05, 4.69) is 5.10 Å². The number of aromatic nitrogens is 2. The van der Waals surface area contributed by atoms with Crippen molar-refractivity contribution >= 4 is 5.78 Å². The first-order valence-corrected chi connectivity index (χ1v) is 5.30. The molecule has 0 atom stereocenters. The minimum absolute atomic E-state index is 0.157. The van der Waals surface area contributed by atoms with Gasteiger partial charge in [-0.05, 0) is 18.9 Å². The van der Waals surface area contributed by atoms with Gasteiger partial charge in [0, 0.05) is 32.0 Å². The summed E-state index contributed by atoms with van der Waals surface area (Å²) in [5, 5.41) is 4.04.